The van der Waals surface area contributed by atoms with Crippen molar-refractivity contribution in [2.45, 2.75) is 20.0 Å². The van der Waals surface area contributed by atoms with Crippen LogP contribution in [0.25, 0.3) is 0 Å². The average molecular weight is 275 g/mol. The van der Waals surface area contributed by atoms with Crippen molar-refractivity contribution in [3.63, 3.8) is 0 Å². The summed E-state index contributed by atoms with van der Waals surface area (Å²) in [4.78, 5) is 1.89. The standard InChI is InChI=1S/C14H17N3OS/c1-4-7-17-13(15-16-14(17)19)9-18-12-6-5-10(2)8-11(12)3/h4-6,8,13H,1,7,9H2,2-3H3. The Hall–Kier alpha value is -1.75. The molecule has 5 heteroatoms. The van der Waals surface area contributed by atoms with Crippen molar-refractivity contribution in [3.05, 3.63) is 42.0 Å². The third kappa shape index (κ3) is 3.17. The summed E-state index contributed by atoms with van der Waals surface area (Å²) in [6, 6.07) is 6.11. The summed E-state index contributed by atoms with van der Waals surface area (Å²) in [5.74, 6) is 0.872. The Morgan fingerprint density at radius 1 is 1.47 bits per heavy atom. The van der Waals surface area contributed by atoms with Gasteiger partial charge in [0, 0.05) is 6.54 Å². The molecular weight excluding hydrogens is 258 g/mol. The highest BCUT2D eigenvalue weighted by Crippen LogP contribution is 2.21. The lowest BCUT2D eigenvalue weighted by molar-refractivity contribution is 0.219. The molecule has 1 aromatic rings. The van der Waals surface area contributed by atoms with Gasteiger partial charge in [0.25, 0.3) is 0 Å². The van der Waals surface area contributed by atoms with Crippen molar-refractivity contribution in [2.24, 2.45) is 10.2 Å². The predicted octanol–water partition coefficient (Wildman–Crippen LogP) is 3.25. The van der Waals surface area contributed by atoms with Crippen molar-refractivity contribution in [2.75, 3.05) is 13.2 Å². The fourth-order valence-corrected chi connectivity index (χ4v) is 2.19. The summed E-state index contributed by atoms with van der Waals surface area (Å²) in [6.45, 7) is 8.87. The molecule has 2 rings (SSSR count). The van der Waals surface area contributed by atoms with E-state index in [0.29, 0.717) is 18.3 Å². The average Bonchev–Trinajstić information content (AvgIpc) is 2.71. The SMILES string of the molecule is C=CCN1C(=S)N=NC1COc1ccc(C)cc1C. The molecule has 1 atom stereocenters. The number of aryl methyl sites for hydroxylation is 2. The Labute approximate surface area is 118 Å². The first-order chi connectivity index (χ1) is 9.11. The highest BCUT2D eigenvalue weighted by molar-refractivity contribution is 7.80. The van der Waals surface area contributed by atoms with E-state index in [9.17, 15) is 0 Å². The summed E-state index contributed by atoms with van der Waals surface area (Å²) in [7, 11) is 0. The number of benzene rings is 1. The minimum Gasteiger partial charge on any atom is -0.489 e. The van der Waals surface area contributed by atoms with Crippen molar-refractivity contribution in [1.29, 1.82) is 0 Å². The van der Waals surface area contributed by atoms with Crippen LogP contribution in [0.1, 0.15) is 11.1 Å². The zero-order valence-electron chi connectivity index (χ0n) is 11.2. The first-order valence-electron chi connectivity index (χ1n) is 6.14. The number of hydrogen-bond donors (Lipinski definition) is 0. The molecule has 0 saturated carbocycles. The second kappa shape index (κ2) is 5.93. The van der Waals surface area contributed by atoms with E-state index in [1.807, 2.05) is 24.0 Å². The maximum Gasteiger partial charge on any atom is 0.218 e. The van der Waals surface area contributed by atoms with Crippen LogP contribution in [0.2, 0.25) is 0 Å². The molecule has 1 aliphatic heterocycles. The van der Waals surface area contributed by atoms with Crippen molar-refractivity contribution < 1.29 is 4.74 Å². The van der Waals surface area contributed by atoms with Crippen LogP contribution in [0.15, 0.2) is 41.1 Å². The van der Waals surface area contributed by atoms with Gasteiger partial charge in [-0.15, -0.1) is 11.7 Å². The molecule has 1 unspecified atom stereocenters. The lowest BCUT2D eigenvalue weighted by Gasteiger charge is -2.21. The topological polar surface area (TPSA) is 37.2 Å². The van der Waals surface area contributed by atoms with Crippen molar-refractivity contribution in [3.8, 4) is 5.75 Å². The molecule has 0 saturated heterocycles. The van der Waals surface area contributed by atoms with Gasteiger partial charge in [0.1, 0.15) is 12.4 Å². The fourth-order valence-electron chi connectivity index (χ4n) is 1.95. The Morgan fingerprint density at radius 2 is 2.26 bits per heavy atom. The largest absolute Gasteiger partial charge is 0.489 e. The van der Waals surface area contributed by atoms with Gasteiger partial charge in [-0.2, -0.15) is 5.11 Å². The number of azo groups is 1. The van der Waals surface area contributed by atoms with Gasteiger partial charge in [0.15, 0.2) is 6.17 Å². The van der Waals surface area contributed by atoms with E-state index in [-0.39, 0.29) is 6.17 Å². The van der Waals surface area contributed by atoms with E-state index in [4.69, 9.17) is 17.0 Å². The zero-order valence-corrected chi connectivity index (χ0v) is 12.0. The molecule has 0 spiro atoms. The third-order valence-corrected chi connectivity index (χ3v) is 3.24. The molecule has 100 valence electrons. The van der Waals surface area contributed by atoms with Crippen LogP contribution in [-0.2, 0) is 0 Å². The molecular formula is C14H17N3OS. The Kier molecular flexibility index (Phi) is 4.27. The molecule has 1 heterocycles. The molecule has 4 nitrogen and oxygen atoms in total. The van der Waals surface area contributed by atoms with Gasteiger partial charge < -0.3 is 9.64 Å². The third-order valence-electron chi connectivity index (χ3n) is 2.93. The first-order valence-corrected chi connectivity index (χ1v) is 6.55. The quantitative estimate of drug-likeness (QED) is 0.611. The van der Waals surface area contributed by atoms with Crippen LogP contribution in [0.4, 0.5) is 0 Å². The van der Waals surface area contributed by atoms with Gasteiger partial charge >= 0.3 is 0 Å². The van der Waals surface area contributed by atoms with E-state index in [1.54, 1.807) is 6.08 Å². The highest BCUT2D eigenvalue weighted by Gasteiger charge is 2.25. The normalized spacial score (nSPS) is 17.9. The number of hydrogen-bond acceptors (Lipinski definition) is 3. The van der Waals surface area contributed by atoms with Gasteiger partial charge in [0.2, 0.25) is 5.11 Å². The molecule has 0 bridgehead atoms. The molecule has 0 fully saturated rings. The Balaban J connectivity index is 2.00. The van der Waals surface area contributed by atoms with Crippen LogP contribution in [-0.4, -0.2) is 29.3 Å². The molecule has 1 aromatic carbocycles. The fraction of sp³-hybridized carbons (Fsp3) is 0.357. The summed E-state index contributed by atoms with van der Waals surface area (Å²) < 4.78 is 5.81. The van der Waals surface area contributed by atoms with Crippen molar-refractivity contribution in [1.82, 2.24) is 4.90 Å². The Morgan fingerprint density at radius 3 is 2.95 bits per heavy atom. The van der Waals surface area contributed by atoms with Crippen LogP contribution < -0.4 is 4.74 Å². The molecule has 0 aliphatic carbocycles. The summed E-state index contributed by atoms with van der Waals surface area (Å²) in [5.41, 5.74) is 2.34. The smallest absolute Gasteiger partial charge is 0.218 e. The molecule has 0 aromatic heterocycles. The van der Waals surface area contributed by atoms with E-state index in [1.165, 1.54) is 5.56 Å². The van der Waals surface area contributed by atoms with Gasteiger partial charge in [0.05, 0.1) is 0 Å². The Bertz CT molecular complexity index is 527. The highest BCUT2D eigenvalue weighted by atomic mass is 32.1. The lowest BCUT2D eigenvalue weighted by atomic mass is 10.1. The molecule has 1 aliphatic rings. The van der Waals surface area contributed by atoms with Gasteiger partial charge in [-0.3, -0.25) is 0 Å². The monoisotopic (exact) mass is 275 g/mol. The van der Waals surface area contributed by atoms with E-state index >= 15 is 0 Å². The van der Waals surface area contributed by atoms with Crippen molar-refractivity contribution >= 4 is 17.3 Å². The number of nitrogens with zero attached hydrogens (tertiary/aromatic N) is 3. The molecule has 0 radical (unpaired) electrons. The summed E-state index contributed by atoms with van der Waals surface area (Å²) in [6.07, 6.45) is 1.62. The van der Waals surface area contributed by atoms with Gasteiger partial charge in [-0.05, 0) is 37.7 Å². The minimum absolute atomic E-state index is 0.161. The predicted molar refractivity (Wildman–Crippen MR) is 79.6 cm³/mol. The summed E-state index contributed by atoms with van der Waals surface area (Å²) in [5, 5.41) is 8.53. The zero-order chi connectivity index (χ0) is 13.8. The van der Waals surface area contributed by atoms with Crippen LogP contribution in [0.3, 0.4) is 0 Å². The maximum atomic E-state index is 5.81. The second-order valence-electron chi connectivity index (χ2n) is 4.50. The lowest BCUT2D eigenvalue weighted by Crippen LogP contribution is -2.37. The number of ether oxygens (including phenoxy) is 1. The maximum absolute atomic E-state index is 5.81. The number of thiocarbonyl (C=S) groups is 1. The van der Waals surface area contributed by atoms with Crippen LogP contribution in [0, 0.1) is 13.8 Å². The van der Waals surface area contributed by atoms with Crippen LogP contribution in [0.5, 0.6) is 5.75 Å². The molecule has 19 heavy (non-hydrogen) atoms. The molecule has 0 amide bonds. The van der Waals surface area contributed by atoms with Crippen LogP contribution >= 0.6 is 12.2 Å². The van der Waals surface area contributed by atoms with Gasteiger partial charge in [-0.1, -0.05) is 23.8 Å². The minimum atomic E-state index is -0.161. The number of rotatable bonds is 5. The van der Waals surface area contributed by atoms with E-state index in [2.05, 4.69) is 29.8 Å². The second-order valence-corrected chi connectivity index (χ2v) is 4.86. The summed E-state index contributed by atoms with van der Waals surface area (Å²) >= 11 is 5.12. The first kappa shape index (κ1) is 13.7. The van der Waals surface area contributed by atoms with E-state index in [0.717, 1.165) is 11.3 Å². The molecule has 0 N–H and O–H groups in total. The van der Waals surface area contributed by atoms with Gasteiger partial charge in [-0.25, -0.2) is 0 Å². The van der Waals surface area contributed by atoms with E-state index < -0.39 is 0 Å².